The average molecular weight is 605 g/mol. The summed E-state index contributed by atoms with van der Waals surface area (Å²) in [5.41, 5.74) is 3.10. The van der Waals surface area contributed by atoms with E-state index in [4.69, 9.17) is 24.9 Å². The second-order valence-corrected chi connectivity index (χ2v) is 8.33. The number of likely N-dealkylation sites (N-methyl/N-ethyl adjacent to an activating group) is 1. The minimum atomic E-state index is -5.08. The number of anilines is 1. The minimum absolute atomic E-state index is 0.0697. The Hall–Kier alpha value is -4.73. The number of aliphatic carboxylic acids is 3. The number of rotatable bonds is 6. The highest BCUT2D eigenvalue weighted by Crippen LogP contribution is 2.18. The summed E-state index contributed by atoms with van der Waals surface area (Å²) in [7, 11) is 2.13. The van der Waals surface area contributed by atoms with Crippen molar-refractivity contribution in [3.63, 3.8) is 0 Å². The van der Waals surface area contributed by atoms with E-state index in [2.05, 4.69) is 21.8 Å². The molecule has 228 valence electrons. The number of carbonyl (C=O) groups excluding carboxylic acids is 1. The topological polar surface area (TPSA) is 148 Å². The van der Waals surface area contributed by atoms with Crippen LogP contribution < -0.4 is 4.90 Å². The lowest BCUT2D eigenvalue weighted by Crippen LogP contribution is -2.44. The number of benzene rings is 1. The molecule has 1 aliphatic heterocycles. The number of carboxylic acids is 3. The number of allylic oxidation sites excluding steroid dienone is 1. The van der Waals surface area contributed by atoms with Crippen molar-refractivity contribution in [3.8, 4) is 0 Å². The van der Waals surface area contributed by atoms with Gasteiger partial charge in [0.05, 0.1) is 5.69 Å². The van der Waals surface area contributed by atoms with E-state index in [1.807, 2.05) is 24.3 Å². The molecule has 1 saturated heterocycles. The van der Waals surface area contributed by atoms with Crippen molar-refractivity contribution in [1.29, 1.82) is 0 Å². The molecule has 16 heteroatoms. The number of ketones is 1. The Bertz CT molecular complexity index is 1240. The van der Waals surface area contributed by atoms with Gasteiger partial charge in [0, 0.05) is 49.7 Å². The molecular weight excluding hydrogens is 580 g/mol. The van der Waals surface area contributed by atoms with Crippen LogP contribution in [0.3, 0.4) is 0 Å². The number of pyridine rings is 1. The van der Waals surface area contributed by atoms with E-state index in [0.717, 1.165) is 43.5 Å². The lowest BCUT2D eigenvalue weighted by Gasteiger charge is -2.34. The van der Waals surface area contributed by atoms with Crippen molar-refractivity contribution in [1.82, 2.24) is 9.88 Å². The number of aromatic nitrogens is 1. The highest BCUT2D eigenvalue weighted by molar-refractivity contribution is 6.07. The Morgan fingerprint density at radius 3 is 1.67 bits per heavy atom. The molecule has 3 rings (SSSR count). The summed E-state index contributed by atoms with van der Waals surface area (Å²) in [6.07, 6.45) is -2.89. The molecular formula is C26H25F6N3O7. The third-order valence-electron chi connectivity index (χ3n) is 5.14. The van der Waals surface area contributed by atoms with Crippen molar-refractivity contribution in [2.75, 3.05) is 38.1 Å². The van der Waals surface area contributed by atoms with E-state index in [9.17, 15) is 35.9 Å². The predicted molar refractivity (Wildman–Crippen MR) is 138 cm³/mol. The highest BCUT2D eigenvalue weighted by Gasteiger charge is 2.38. The Balaban J connectivity index is 0.000000522. The van der Waals surface area contributed by atoms with Gasteiger partial charge in [-0.25, -0.2) is 14.4 Å². The molecule has 1 fully saturated rings. The summed E-state index contributed by atoms with van der Waals surface area (Å²) >= 11 is 0. The molecule has 1 aliphatic rings. The zero-order valence-corrected chi connectivity index (χ0v) is 21.8. The first-order chi connectivity index (χ1) is 19.4. The fourth-order valence-electron chi connectivity index (χ4n) is 2.94. The second kappa shape index (κ2) is 15.9. The van der Waals surface area contributed by atoms with Crippen LogP contribution in [0.1, 0.15) is 21.6 Å². The van der Waals surface area contributed by atoms with Gasteiger partial charge in [0.1, 0.15) is 0 Å². The van der Waals surface area contributed by atoms with Crippen LogP contribution in [0.25, 0.3) is 12.2 Å². The number of hydrogen-bond acceptors (Lipinski definition) is 7. The van der Waals surface area contributed by atoms with Crippen molar-refractivity contribution >= 4 is 41.5 Å². The van der Waals surface area contributed by atoms with Crippen molar-refractivity contribution in [2.45, 2.75) is 12.4 Å². The van der Waals surface area contributed by atoms with Gasteiger partial charge in [0.2, 0.25) is 0 Å². The summed E-state index contributed by atoms with van der Waals surface area (Å²) in [5, 5.41) is 22.9. The fraction of sp³-hybridized carbons (Fsp3) is 0.269. The highest BCUT2D eigenvalue weighted by atomic mass is 19.4. The Morgan fingerprint density at radius 1 is 0.762 bits per heavy atom. The van der Waals surface area contributed by atoms with Crippen LogP contribution in [0.4, 0.5) is 32.0 Å². The Labute approximate surface area is 234 Å². The smallest absolute Gasteiger partial charge is 0.478 e. The first-order valence-electron chi connectivity index (χ1n) is 11.6. The number of carboxylic acid groups (broad SMARTS) is 3. The van der Waals surface area contributed by atoms with E-state index in [1.54, 1.807) is 24.4 Å². The normalized spacial score (nSPS) is 14.0. The summed E-state index contributed by atoms with van der Waals surface area (Å²) in [6.45, 7) is 4.08. The molecule has 0 atom stereocenters. The molecule has 2 heterocycles. The third kappa shape index (κ3) is 13.6. The molecule has 0 aliphatic carbocycles. The van der Waals surface area contributed by atoms with E-state index in [0.29, 0.717) is 11.3 Å². The predicted octanol–water partition coefficient (Wildman–Crippen LogP) is 4.09. The number of nitrogens with zero attached hydrogens (tertiary/aromatic N) is 3. The van der Waals surface area contributed by atoms with Crippen LogP contribution in [-0.4, -0.2) is 94.5 Å². The van der Waals surface area contributed by atoms with Gasteiger partial charge in [-0.3, -0.25) is 9.78 Å². The maximum Gasteiger partial charge on any atom is 0.490 e. The van der Waals surface area contributed by atoms with Crippen molar-refractivity contribution < 1.29 is 60.8 Å². The standard InChI is InChI=1S/C22H23N3O3.2C2HF3O2/c1-24-12-14-25(15-13-24)20-8-4-18(5-9-20)21(26)10-3-17-2-6-19(23-16-17)7-11-22(27)28;2*3-2(4,5)1(6)7/h2-11,16H,12-15H2,1H3,(H,27,28);2*(H,6,7)/b10-3+,11-7+;;. The van der Waals surface area contributed by atoms with Gasteiger partial charge in [-0.05, 0) is 61.2 Å². The summed E-state index contributed by atoms with van der Waals surface area (Å²) in [4.78, 5) is 49.5. The molecule has 0 spiro atoms. The molecule has 0 bridgehead atoms. The lowest BCUT2D eigenvalue weighted by molar-refractivity contribution is -0.193. The molecule has 10 nitrogen and oxygen atoms in total. The third-order valence-corrected chi connectivity index (χ3v) is 5.14. The van der Waals surface area contributed by atoms with Crippen LogP contribution in [0, 0.1) is 0 Å². The van der Waals surface area contributed by atoms with Gasteiger partial charge in [-0.2, -0.15) is 26.3 Å². The first-order valence-corrected chi connectivity index (χ1v) is 11.6. The van der Waals surface area contributed by atoms with Gasteiger partial charge < -0.3 is 25.1 Å². The summed E-state index contributed by atoms with van der Waals surface area (Å²) in [5.74, 6) is -6.60. The fourth-order valence-corrected chi connectivity index (χ4v) is 2.94. The number of halogens is 6. The quantitative estimate of drug-likeness (QED) is 0.250. The van der Waals surface area contributed by atoms with Crippen LogP contribution >= 0.6 is 0 Å². The van der Waals surface area contributed by atoms with Crippen molar-refractivity contribution in [3.05, 3.63) is 71.6 Å². The van der Waals surface area contributed by atoms with Gasteiger partial charge in [0.25, 0.3) is 0 Å². The zero-order chi connectivity index (χ0) is 32.1. The maximum absolute atomic E-state index is 12.4. The van der Waals surface area contributed by atoms with E-state index in [-0.39, 0.29) is 5.78 Å². The SMILES string of the molecule is CN1CCN(c2ccc(C(=O)/C=C/c3ccc(/C=C/C(=O)O)nc3)cc2)CC1.O=C(O)C(F)(F)F.O=C(O)C(F)(F)F. The number of piperazine rings is 1. The van der Waals surface area contributed by atoms with Crippen molar-refractivity contribution in [2.24, 2.45) is 0 Å². The number of hydrogen-bond donors (Lipinski definition) is 3. The zero-order valence-electron chi connectivity index (χ0n) is 21.8. The molecule has 0 unspecified atom stereocenters. The first kappa shape index (κ1) is 35.3. The summed E-state index contributed by atoms with van der Waals surface area (Å²) in [6, 6.07) is 11.2. The van der Waals surface area contributed by atoms with Crippen LogP contribution in [0.2, 0.25) is 0 Å². The second-order valence-electron chi connectivity index (χ2n) is 8.33. The monoisotopic (exact) mass is 605 g/mol. The van der Waals surface area contributed by atoms with E-state index >= 15 is 0 Å². The average Bonchev–Trinajstić information content (AvgIpc) is 2.91. The molecule has 2 aromatic rings. The van der Waals surface area contributed by atoms with E-state index in [1.165, 1.54) is 12.2 Å². The minimum Gasteiger partial charge on any atom is -0.478 e. The molecule has 1 aromatic carbocycles. The summed E-state index contributed by atoms with van der Waals surface area (Å²) < 4.78 is 63.5. The van der Waals surface area contributed by atoms with Gasteiger partial charge in [-0.1, -0.05) is 6.07 Å². The molecule has 0 amide bonds. The van der Waals surface area contributed by atoms with Gasteiger partial charge >= 0.3 is 30.3 Å². The largest absolute Gasteiger partial charge is 0.490 e. The molecule has 42 heavy (non-hydrogen) atoms. The van der Waals surface area contributed by atoms with Crippen LogP contribution in [0.5, 0.6) is 0 Å². The Morgan fingerprint density at radius 2 is 1.26 bits per heavy atom. The molecule has 0 saturated carbocycles. The Kier molecular flexibility index (Phi) is 13.4. The van der Waals surface area contributed by atoms with E-state index < -0.39 is 30.3 Å². The molecule has 1 aromatic heterocycles. The maximum atomic E-state index is 12.4. The lowest BCUT2D eigenvalue weighted by atomic mass is 10.1. The number of carbonyl (C=O) groups is 4. The van der Waals surface area contributed by atoms with Gasteiger partial charge in [0.15, 0.2) is 5.78 Å². The van der Waals surface area contributed by atoms with Crippen LogP contribution in [0.15, 0.2) is 54.7 Å². The number of alkyl halides is 6. The van der Waals surface area contributed by atoms with Crippen LogP contribution in [-0.2, 0) is 14.4 Å². The molecule has 0 radical (unpaired) electrons. The van der Waals surface area contributed by atoms with Gasteiger partial charge in [-0.15, -0.1) is 0 Å². The molecule has 3 N–H and O–H groups in total.